The van der Waals surface area contributed by atoms with Gasteiger partial charge in [0.25, 0.3) is 0 Å². The van der Waals surface area contributed by atoms with Gasteiger partial charge in [0.05, 0.1) is 5.69 Å². The van der Waals surface area contributed by atoms with Gasteiger partial charge in [-0.2, -0.15) is 0 Å². The van der Waals surface area contributed by atoms with E-state index in [9.17, 15) is 0 Å². The van der Waals surface area contributed by atoms with Gasteiger partial charge in [0, 0.05) is 18.5 Å². The first kappa shape index (κ1) is 14.6. The van der Waals surface area contributed by atoms with Gasteiger partial charge in [-0.1, -0.05) is 27.2 Å². The van der Waals surface area contributed by atoms with Crippen LogP contribution in [0.2, 0.25) is 0 Å². The number of rotatable bonds is 7. The van der Waals surface area contributed by atoms with E-state index in [1.807, 2.05) is 0 Å². The zero-order valence-electron chi connectivity index (χ0n) is 11.4. The van der Waals surface area contributed by atoms with Crippen molar-refractivity contribution in [2.45, 2.75) is 58.6 Å². The molecule has 0 saturated carbocycles. The maximum absolute atomic E-state index is 5.79. The molecule has 0 unspecified atom stereocenters. The first-order chi connectivity index (χ1) is 8.17. The van der Waals surface area contributed by atoms with Crippen LogP contribution >= 0.6 is 11.3 Å². The van der Waals surface area contributed by atoms with E-state index in [-0.39, 0.29) is 5.60 Å². The van der Waals surface area contributed by atoms with Crippen molar-refractivity contribution in [2.24, 2.45) is 5.73 Å². The van der Waals surface area contributed by atoms with Gasteiger partial charge in [-0.25, -0.2) is 4.98 Å². The molecule has 17 heavy (non-hydrogen) atoms. The van der Waals surface area contributed by atoms with E-state index in [0.717, 1.165) is 30.7 Å². The van der Waals surface area contributed by atoms with Gasteiger partial charge in [0.15, 0.2) is 0 Å². The molecule has 0 aliphatic rings. The Hall–Kier alpha value is -0.450. The molecule has 0 bridgehead atoms. The van der Waals surface area contributed by atoms with Crippen molar-refractivity contribution >= 4 is 11.3 Å². The van der Waals surface area contributed by atoms with Crippen LogP contribution < -0.4 is 5.73 Å². The lowest BCUT2D eigenvalue weighted by Crippen LogP contribution is -2.26. The lowest BCUT2D eigenvalue weighted by Gasteiger charge is -2.27. The average Bonchev–Trinajstić information content (AvgIpc) is 2.76. The molecule has 1 aromatic heterocycles. The fourth-order valence-corrected chi connectivity index (χ4v) is 3.39. The van der Waals surface area contributed by atoms with Gasteiger partial charge in [-0.3, -0.25) is 0 Å². The molecular weight excluding hydrogens is 232 g/mol. The lowest BCUT2D eigenvalue weighted by atomic mass is 9.98. The highest BCUT2D eigenvalue weighted by atomic mass is 32.1. The Labute approximate surface area is 108 Å². The fourth-order valence-electron chi connectivity index (χ4n) is 2.10. The van der Waals surface area contributed by atoms with Crippen LogP contribution in [0, 0.1) is 0 Å². The Morgan fingerprint density at radius 2 is 1.94 bits per heavy atom. The van der Waals surface area contributed by atoms with Crippen LogP contribution in [0.15, 0.2) is 0 Å². The van der Waals surface area contributed by atoms with E-state index < -0.39 is 0 Å². The zero-order chi connectivity index (χ0) is 12.9. The van der Waals surface area contributed by atoms with Crippen LogP contribution in [0.25, 0.3) is 0 Å². The van der Waals surface area contributed by atoms with Crippen molar-refractivity contribution < 1.29 is 4.74 Å². The summed E-state index contributed by atoms with van der Waals surface area (Å²) in [6.07, 6.45) is 4.01. The number of thiazole rings is 1. The van der Waals surface area contributed by atoms with E-state index in [0.29, 0.717) is 6.54 Å². The maximum atomic E-state index is 5.79. The molecule has 4 heteroatoms. The van der Waals surface area contributed by atoms with Crippen molar-refractivity contribution in [3.8, 4) is 0 Å². The average molecular weight is 256 g/mol. The van der Waals surface area contributed by atoms with Crippen molar-refractivity contribution in [3.63, 3.8) is 0 Å². The van der Waals surface area contributed by atoms with Crippen LogP contribution in [-0.4, -0.2) is 12.1 Å². The fraction of sp³-hybridized carbons (Fsp3) is 0.769. The molecule has 0 atom stereocenters. The number of aromatic nitrogens is 1. The molecule has 98 valence electrons. The highest BCUT2D eigenvalue weighted by molar-refractivity contribution is 7.11. The normalized spacial score (nSPS) is 12.1. The lowest BCUT2D eigenvalue weighted by molar-refractivity contribution is -0.0219. The van der Waals surface area contributed by atoms with Crippen molar-refractivity contribution in [2.75, 3.05) is 7.11 Å². The molecule has 2 N–H and O–H groups in total. The Kier molecular flexibility index (Phi) is 5.56. The molecule has 0 spiro atoms. The summed E-state index contributed by atoms with van der Waals surface area (Å²) >= 11 is 1.72. The summed E-state index contributed by atoms with van der Waals surface area (Å²) in [4.78, 5) is 5.98. The summed E-state index contributed by atoms with van der Waals surface area (Å²) in [6, 6.07) is 0. The van der Waals surface area contributed by atoms with Crippen LogP contribution in [0.4, 0.5) is 0 Å². The number of ether oxygens (including phenoxy) is 1. The van der Waals surface area contributed by atoms with Gasteiger partial charge >= 0.3 is 0 Å². The highest BCUT2D eigenvalue weighted by Gasteiger charge is 2.32. The van der Waals surface area contributed by atoms with E-state index in [1.165, 1.54) is 10.6 Å². The number of methoxy groups -OCH3 is 1. The Bertz CT molecular complexity index is 337. The summed E-state index contributed by atoms with van der Waals surface area (Å²) in [7, 11) is 1.77. The molecule has 0 radical (unpaired) electrons. The zero-order valence-corrected chi connectivity index (χ0v) is 12.2. The second-order valence-corrected chi connectivity index (χ2v) is 5.33. The summed E-state index contributed by atoms with van der Waals surface area (Å²) in [5.74, 6) is 0. The molecule has 0 aliphatic heterocycles. The number of nitrogens with zero attached hydrogens (tertiary/aromatic N) is 1. The Balaban J connectivity index is 3.12. The van der Waals surface area contributed by atoms with Gasteiger partial charge in [-0.15, -0.1) is 11.3 Å². The smallest absolute Gasteiger partial charge is 0.125 e. The highest BCUT2D eigenvalue weighted by Crippen LogP contribution is 2.36. The van der Waals surface area contributed by atoms with Crippen molar-refractivity contribution in [1.29, 1.82) is 0 Å². The molecule has 3 nitrogen and oxygen atoms in total. The third kappa shape index (κ3) is 2.87. The minimum absolute atomic E-state index is 0.222. The molecule has 1 rings (SSSR count). The van der Waals surface area contributed by atoms with E-state index >= 15 is 0 Å². The van der Waals surface area contributed by atoms with Gasteiger partial charge in [-0.05, 0) is 19.3 Å². The second kappa shape index (κ2) is 6.47. The summed E-state index contributed by atoms with van der Waals surface area (Å²) in [5, 5.41) is 1.09. The first-order valence-corrected chi connectivity index (χ1v) is 7.23. The molecule has 1 aromatic rings. The van der Waals surface area contributed by atoms with E-state index in [1.54, 1.807) is 18.4 Å². The molecule has 1 heterocycles. The van der Waals surface area contributed by atoms with Crippen LogP contribution in [0.3, 0.4) is 0 Å². The molecule has 0 saturated heterocycles. The topological polar surface area (TPSA) is 48.1 Å². The molecule has 0 fully saturated rings. The minimum Gasteiger partial charge on any atom is -0.371 e. The predicted molar refractivity (Wildman–Crippen MR) is 73.3 cm³/mol. The van der Waals surface area contributed by atoms with Crippen molar-refractivity contribution in [1.82, 2.24) is 4.98 Å². The summed E-state index contributed by atoms with van der Waals surface area (Å²) in [6.45, 7) is 7.05. The van der Waals surface area contributed by atoms with E-state index in [4.69, 9.17) is 15.5 Å². The molecule has 0 aromatic carbocycles. The summed E-state index contributed by atoms with van der Waals surface area (Å²) in [5.41, 5.74) is 6.73. The number of aryl methyl sites for hydroxylation is 1. The minimum atomic E-state index is -0.222. The quantitative estimate of drug-likeness (QED) is 0.815. The maximum Gasteiger partial charge on any atom is 0.125 e. The number of hydrogen-bond acceptors (Lipinski definition) is 4. The van der Waals surface area contributed by atoms with Crippen LogP contribution in [0.5, 0.6) is 0 Å². The van der Waals surface area contributed by atoms with Gasteiger partial charge < -0.3 is 10.5 Å². The SMILES string of the molecule is CCCc1nc(C(CC)(CC)OC)sc1CN. The largest absolute Gasteiger partial charge is 0.371 e. The number of hydrogen-bond donors (Lipinski definition) is 1. The molecule has 0 amide bonds. The molecular formula is C13H24N2OS. The van der Waals surface area contributed by atoms with Crippen LogP contribution in [0.1, 0.15) is 55.6 Å². The Morgan fingerprint density at radius 1 is 1.29 bits per heavy atom. The summed E-state index contributed by atoms with van der Waals surface area (Å²) < 4.78 is 5.72. The third-order valence-electron chi connectivity index (χ3n) is 3.37. The van der Waals surface area contributed by atoms with Gasteiger partial charge in [0.2, 0.25) is 0 Å². The van der Waals surface area contributed by atoms with Crippen molar-refractivity contribution in [3.05, 3.63) is 15.6 Å². The first-order valence-electron chi connectivity index (χ1n) is 6.41. The number of nitrogens with two attached hydrogens (primary N) is 1. The van der Waals surface area contributed by atoms with Gasteiger partial charge in [0.1, 0.15) is 10.6 Å². The standard InChI is InChI=1S/C13H24N2OS/c1-5-8-10-11(9-14)17-12(15-10)13(6-2,7-3)16-4/h5-9,14H2,1-4H3. The molecule has 0 aliphatic carbocycles. The predicted octanol–water partition coefficient (Wildman–Crippen LogP) is 3.22. The monoisotopic (exact) mass is 256 g/mol. The van der Waals surface area contributed by atoms with E-state index in [2.05, 4.69) is 20.8 Å². The third-order valence-corrected chi connectivity index (χ3v) is 4.68. The van der Waals surface area contributed by atoms with Crippen LogP contribution in [-0.2, 0) is 23.3 Å². The second-order valence-electron chi connectivity index (χ2n) is 4.25. The Morgan fingerprint density at radius 3 is 2.35 bits per heavy atom.